The van der Waals surface area contributed by atoms with E-state index in [0.717, 1.165) is 39.2 Å². The van der Waals surface area contributed by atoms with Crippen molar-refractivity contribution in [1.82, 2.24) is 10.2 Å². The molecule has 18 heavy (non-hydrogen) atoms. The zero-order valence-electron chi connectivity index (χ0n) is 13.0. The fourth-order valence-electron chi connectivity index (χ4n) is 2.52. The Morgan fingerprint density at radius 2 is 2.11 bits per heavy atom. The number of morpholine rings is 1. The van der Waals surface area contributed by atoms with Crippen LogP contribution in [0.15, 0.2) is 0 Å². The van der Waals surface area contributed by atoms with E-state index in [2.05, 4.69) is 44.8 Å². The molecule has 0 aromatic rings. The second-order valence-corrected chi connectivity index (χ2v) is 6.30. The Morgan fingerprint density at radius 3 is 2.72 bits per heavy atom. The minimum absolute atomic E-state index is 0.310. The summed E-state index contributed by atoms with van der Waals surface area (Å²) in [4.78, 5) is 2.57. The highest BCUT2D eigenvalue weighted by Gasteiger charge is 2.30. The number of ether oxygens (including phenoxy) is 1. The average molecular weight is 256 g/mol. The average Bonchev–Trinajstić information content (AvgIpc) is 2.35. The number of nitrogens with one attached hydrogen (secondary N) is 1. The SMILES string of the molecule is CCCNC(C)C(C)(C)CN1CCOC(CC)C1. The van der Waals surface area contributed by atoms with Crippen LogP contribution in [-0.4, -0.2) is 49.8 Å². The summed E-state index contributed by atoms with van der Waals surface area (Å²) in [6.07, 6.45) is 2.77. The fourth-order valence-corrected chi connectivity index (χ4v) is 2.52. The lowest BCUT2D eigenvalue weighted by atomic mass is 9.84. The predicted molar refractivity (Wildman–Crippen MR) is 78.0 cm³/mol. The Hall–Kier alpha value is -0.120. The minimum atomic E-state index is 0.310. The van der Waals surface area contributed by atoms with E-state index in [4.69, 9.17) is 4.74 Å². The van der Waals surface area contributed by atoms with E-state index < -0.39 is 0 Å². The van der Waals surface area contributed by atoms with Gasteiger partial charge in [-0.3, -0.25) is 4.90 Å². The first-order valence-corrected chi connectivity index (χ1v) is 7.57. The third-order valence-electron chi connectivity index (χ3n) is 4.18. The van der Waals surface area contributed by atoms with Gasteiger partial charge in [0, 0.05) is 25.7 Å². The van der Waals surface area contributed by atoms with Gasteiger partial charge >= 0.3 is 0 Å². The third kappa shape index (κ3) is 4.87. The van der Waals surface area contributed by atoms with Crippen LogP contribution in [0, 0.1) is 5.41 Å². The molecule has 1 aliphatic heterocycles. The Labute approximate surface area is 113 Å². The van der Waals surface area contributed by atoms with Crippen molar-refractivity contribution < 1.29 is 4.74 Å². The molecule has 0 amide bonds. The van der Waals surface area contributed by atoms with Crippen LogP contribution >= 0.6 is 0 Å². The maximum atomic E-state index is 5.74. The highest BCUT2D eigenvalue weighted by Crippen LogP contribution is 2.23. The van der Waals surface area contributed by atoms with E-state index in [-0.39, 0.29) is 0 Å². The molecule has 1 N–H and O–H groups in total. The summed E-state index contributed by atoms with van der Waals surface area (Å²) < 4.78 is 5.74. The van der Waals surface area contributed by atoms with Gasteiger partial charge in [-0.2, -0.15) is 0 Å². The van der Waals surface area contributed by atoms with Gasteiger partial charge in [-0.1, -0.05) is 27.7 Å². The van der Waals surface area contributed by atoms with Gasteiger partial charge in [0.2, 0.25) is 0 Å². The van der Waals surface area contributed by atoms with Crippen molar-refractivity contribution in [3.8, 4) is 0 Å². The van der Waals surface area contributed by atoms with Gasteiger partial charge in [0.05, 0.1) is 12.7 Å². The van der Waals surface area contributed by atoms with Crippen LogP contribution in [0.25, 0.3) is 0 Å². The number of nitrogens with zero attached hydrogens (tertiary/aromatic N) is 1. The van der Waals surface area contributed by atoms with E-state index >= 15 is 0 Å². The summed E-state index contributed by atoms with van der Waals surface area (Å²) in [5.41, 5.74) is 0.310. The number of hydrogen-bond acceptors (Lipinski definition) is 3. The van der Waals surface area contributed by atoms with Crippen molar-refractivity contribution in [2.45, 2.75) is 59.6 Å². The lowest BCUT2D eigenvalue weighted by Crippen LogP contribution is -2.51. The molecular formula is C15H32N2O. The van der Waals surface area contributed by atoms with E-state index in [1.807, 2.05) is 0 Å². The zero-order chi connectivity index (χ0) is 13.6. The Bertz CT molecular complexity index is 231. The van der Waals surface area contributed by atoms with Crippen LogP contribution < -0.4 is 5.32 Å². The van der Waals surface area contributed by atoms with Gasteiger partial charge in [-0.05, 0) is 31.7 Å². The van der Waals surface area contributed by atoms with Crippen LogP contribution in [0.3, 0.4) is 0 Å². The molecule has 1 aliphatic rings. The lowest BCUT2D eigenvalue weighted by Gasteiger charge is -2.40. The highest BCUT2D eigenvalue weighted by molar-refractivity contribution is 4.85. The standard InChI is InChI=1S/C15H32N2O/c1-6-8-16-13(3)15(4,5)12-17-9-10-18-14(7-2)11-17/h13-14,16H,6-12H2,1-5H3. The minimum Gasteiger partial charge on any atom is -0.376 e. The zero-order valence-corrected chi connectivity index (χ0v) is 13.0. The topological polar surface area (TPSA) is 24.5 Å². The molecule has 2 unspecified atom stereocenters. The predicted octanol–water partition coefficient (Wildman–Crippen LogP) is 2.51. The van der Waals surface area contributed by atoms with Crippen molar-refractivity contribution in [1.29, 1.82) is 0 Å². The number of rotatable bonds is 7. The summed E-state index contributed by atoms with van der Waals surface area (Å²) >= 11 is 0. The molecule has 108 valence electrons. The van der Waals surface area contributed by atoms with Crippen molar-refractivity contribution in [3.63, 3.8) is 0 Å². The molecule has 3 nitrogen and oxygen atoms in total. The molecule has 1 fully saturated rings. The summed E-state index contributed by atoms with van der Waals surface area (Å²) in [6.45, 7) is 16.8. The molecule has 1 rings (SSSR count). The van der Waals surface area contributed by atoms with Gasteiger partial charge < -0.3 is 10.1 Å². The van der Waals surface area contributed by atoms with E-state index in [1.165, 1.54) is 6.42 Å². The summed E-state index contributed by atoms with van der Waals surface area (Å²) in [5, 5.41) is 3.63. The first kappa shape index (κ1) is 15.9. The Morgan fingerprint density at radius 1 is 1.39 bits per heavy atom. The Balaban J connectivity index is 2.43. The maximum Gasteiger partial charge on any atom is 0.0700 e. The van der Waals surface area contributed by atoms with Crippen LogP contribution in [0.1, 0.15) is 47.5 Å². The molecule has 2 atom stereocenters. The normalized spacial score (nSPS) is 24.2. The van der Waals surface area contributed by atoms with Crippen molar-refractivity contribution in [2.24, 2.45) is 5.41 Å². The molecular weight excluding hydrogens is 224 g/mol. The van der Waals surface area contributed by atoms with E-state index in [1.54, 1.807) is 0 Å². The molecule has 0 radical (unpaired) electrons. The van der Waals surface area contributed by atoms with Gasteiger partial charge in [-0.15, -0.1) is 0 Å². The molecule has 0 spiro atoms. The van der Waals surface area contributed by atoms with Crippen LogP contribution in [0.5, 0.6) is 0 Å². The van der Waals surface area contributed by atoms with Gasteiger partial charge in [0.1, 0.15) is 0 Å². The van der Waals surface area contributed by atoms with Crippen LogP contribution in [0.4, 0.5) is 0 Å². The second kappa shape index (κ2) is 7.46. The highest BCUT2D eigenvalue weighted by atomic mass is 16.5. The van der Waals surface area contributed by atoms with Gasteiger partial charge in [-0.25, -0.2) is 0 Å². The molecule has 0 aromatic carbocycles. The number of hydrogen-bond donors (Lipinski definition) is 1. The Kier molecular flexibility index (Phi) is 6.61. The quantitative estimate of drug-likeness (QED) is 0.757. The van der Waals surface area contributed by atoms with Gasteiger partial charge in [0.25, 0.3) is 0 Å². The summed E-state index contributed by atoms with van der Waals surface area (Å²) in [6, 6.07) is 0.556. The van der Waals surface area contributed by atoms with Crippen molar-refractivity contribution in [2.75, 3.05) is 32.8 Å². The fraction of sp³-hybridized carbons (Fsp3) is 1.00. The molecule has 0 aromatic heterocycles. The summed E-state index contributed by atoms with van der Waals surface area (Å²) in [7, 11) is 0. The molecule has 0 aliphatic carbocycles. The van der Waals surface area contributed by atoms with Crippen LogP contribution in [0.2, 0.25) is 0 Å². The third-order valence-corrected chi connectivity index (χ3v) is 4.18. The smallest absolute Gasteiger partial charge is 0.0700 e. The van der Waals surface area contributed by atoms with E-state index in [9.17, 15) is 0 Å². The first-order valence-electron chi connectivity index (χ1n) is 7.57. The molecule has 0 saturated carbocycles. The first-order chi connectivity index (χ1) is 8.49. The van der Waals surface area contributed by atoms with Gasteiger partial charge in [0.15, 0.2) is 0 Å². The van der Waals surface area contributed by atoms with E-state index in [0.29, 0.717) is 17.6 Å². The molecule has 1 heterocycles. The monoisotopic (exact) mass is 256 g/mol. The lowest BCUT2D eigenvalue weighted by molar-refractivity contribution is -0.0421. The molecule has 1 saturated heterocycles. The second-order valence-electron chi connectivity index (χ2n) is 6.30. The van der Waals surface area contributed by atoms with Crippen LogP contribution in [-0.2, 0) is 4.74 Å². The largest absolute Gasteiger partial charge is 0.376 e. The molecule has 0 bridgehead atoms. The maximum absolute atomic E-state index is 5.74. The molecule has 3 heteroatoms. The summed E-state index contributed by atoms with van der Waals surface area (Å²) in [5.74, 6) is 0. The van der Waals surface area contributed by atoms with Crippen molar-refractivity contribution >= 4 is 0 Å². The van der Waals surface area contributed by atoms with Crippen molar-refractivity contribution in [3.05, 3.63) is 0 Å².